The highest BCUT2D eigenvalue weighted by molar-refractivity contribution is 8.02. The standard InChI is InChI=1S/C11H18N2O5S/c1-2-5-19-6-8(11(17)18)13-10(16)7(12)3-4-9(14)15/h2,5,7-8H,3-4,6,12H2,1H3,(H,13,16)(H,14,15)(H,17,18). The summed E-state index contributed by atoms with van der Waals surface area (Å²) >= 11 is 1.25. The number of carbonyl (C=O) groups excluding carboxylic acids is 1. The fourth-order valence-electron chi connectivity index (χ4n) is 1.11. The summed E-state index contributed by atoms with van der Waals surface area (Å²) in [6, 6.07) is -2.07. The van der Waals surface area contributed by atoms with Crippen LogP contribution in [0.1, 0.15) is 19.8 Å². The van der Waals surface area contributed by atoms with Crippen molar-refractivity contribution in [3.63, 3.8) is 0 Å². The fourth-order valence-corrected chi connectivity index (χ4v) is 1.83. The van der Waals surface area contributed by atoms with Crippen LogP contribution in [-0.2, 0) is 14.4 Å². The number of aliphatic carboxylic acids is 2. The summed E-state index contributed by atoms with van der Waals surface area (Å²) in [5.41, 5.74) is 5.48. The van der Waals surface area contributed by atoms with Crippen molar-refractivity contribution in [1.29, 1.82) is 0 Å². The van der Waals surface area contributed by atoms with Gasteiger partial charge in [0.2, 0.25) is 5.91 Å². The lowest BCUT2D eigenvalue weighted by Crippen LogP contribution is -2.49. The molecule has 0 bridgehead atoms. The second-order valence-electron chi connectivity index (χ2n) is 3.74. The molecule has 7 nitrogen and oxygen atoms in total. The van der Waals surface area contributed by atoms with Gasteiger partial charge in [-0.15, -0.1) is 11.8 Å². The van der Waals surface area contributed by atoms with Crippen LogP contribution in [0.5, 0.6) is 0 Å². The highest BCUT2D eigenvalue weighted by atomic mass is 32.2. The Hall–Kier alpha value is -1.54. The van der Waals surface area contributed by atoms with E-state index in [0.29, 0.717) is 0 Å². The molecular weight excluding hydrogens is 272 g/mol. The first kappa shape index (κ1) is 17.5. The van der Waals surface area contributed by atoms with Crippen molar-refractivity contribution in [3.8, 4) is 0 Å². The van der Waals surface area contributed by atoms with E-state index in [1.807, 2.05) is 0 Å². The zero-order valence-corrected chi connectivity index (χ0v) is 11.4. The molecule has 0 aromatic carbocycles. The van der Waals surface area contributed by atoms with Crippen LogP contribution in [-0.4, -0.2) is 45.9 Å². The van der Waals surface area contributed by atoms with Gasteiger partial charge in [0.15, 0.2) is 0 Å². The van der Waals surface area contributed by atoms with Gasteiger partial charge >= 0.3 is 11.9 Å². The average Bonchev–Trinajstić information content (AvgIpc) is 2.34. The number of carboxylic acids is 2. The van der Waals surface area contributed by atoms with Crippen LogP contribution in [0.3, 0.4) is 0 Å². The van der Waals surface area contributed by atoms with Crippen molar-refractivity contribution >= 4 is 29.6 Å². The van der Waals surface area contributed by atoms with Gasteiger partial charge in [0.1, 0.15) is 6.04 Å². The molecule has 2 atom stereocenters. The van der Waals surface area contributed by atoms with Crippen LogP contribution >= 0.6 is 11.8 Å². The zero-order chi connectivity index (χ0) is 14.8. The molecule has 1 amide bonds. The summed E-state index contributed by atoms with van der Waals surface area (Å²) in [4.78, 5) is 32.9. The van der Waals surface area contributed by atoms with Gasteiger partial charge < -0.3 is 21.3 Å². The van der Waals surface area contributed by atoms with Crippen LogP contribution in [0, 0.1) is 0 Å². The predicted octanol–water partition coefficient (Wildman–Crippen LogP) is 0.0147. The van der Waals surface area contributed by atoms with Crippen molar-refractivity contribution in [2.75, 3.05) is 5.75 Å². The van der Waals surface area contributed by atoms with E-state index < -0.39 is 29.9 Å². The van der Waals surface area contributed by atoms with Crippen molar-refractivity contribution in [2.24, 2.45) is 5.73 Å². The van der Waals surface area contributed by atoms with Crippen molar-refractivity contribution < 1.29 is 24.6 Å². The van der Waals surface area contributed by atoms with Crippen molar-refractivity contribution in [3.05, 3.63) is 11.5 Å². The number of carbonyl (C=O) groups is 3. The van der Waals surface area contributed by atoms with Crippen molar-refractivity contribution in [2.45, 2.75) is 31.8 Å². The molecule has 108 valence electrons. The Labute approximate surface area is 115 Å². The highest BCUT2D eigenvalue weighted by Crippen LogP contribution is 2.05. The molecule has 0 spiro atoms. The molecule has 0 fully saturated rings. The Morgan fingerprint density at radius 1 is 1.37 bits per heavy atom. The van der Waals surface area contributed by atoms with Crippen LogP contribution in [0.2, 0.25) is 0 Å². The smallest absolute Gasteiger partial charge is 0.327 e. The lowest BCUT2D eigenvalue weighted by molar-refractivity contribution is -0.141. The van der Waals surface area contributed by atoms with Gasteiger partial charge in [0.05, 0.1) is 6.04 Å². The van der Waals surface area contributed by atoms with Crippen molar-refractivity contribution in [1.82, 2.24) is 5.32 Å². The monoisotopic (exact) mass is 290 g/mol. The lowest BCUT2D eigenvalue weighted by Gasteiger charge is -2.16. The first-order chi connectivity index (χ1) is 8.88. The maximum atomic E-state index is 11.6. The van der Waals surface area contributed by atoms with Crippen LogP contribution in [0.25, 0.3) is 0 Å². The van der Waals surface area contributed by atoms with E-state index >= 15 is 0 Å². The number of nitrogens with two attached hydrogens (primary N) is 1. The minimum absolute atomic E-state index is 0.0322. The second-order valence-corrected chi connectivity index (χ2v) is 4.68. The van der Waals surface area contributed by atoms with Gasteiger partial charge in [-0.1, -0.05) is 6.08 Å². The van der Waals surface area contributed by atoms with Gasteiger partial charge in [0, 0.05) is 12.2 Å². The van der Waals surface area contributed by atoms with Crippen LogP contribution in [0.15, 0.2) is 11.5 Å². The largest absolute Gasteiger partial charge is 0.481 e. The first-order valence-electron chi connectivity index (χ1n) is 5.61. The third kappa shape index (κ3) is 8.22. The zero-order valence-electron chi connectivity index (χ0n) is 10.5. The van der Waals surface area contributed by atoms with E-state index in [9.17, 15) is 14.4 Å². The minimum atomic E-state index is -1.16. The third-order valence-corrected chi connectivity index (χ3v) is 3.11. The normalized spacial score (nSPS) is 14.0. The van der Waals surface area contributed by atoms with E-state index in [-0.39, 0.29) is 18.6 Å². The van der Waals surface area contributed by atoms with Gasteiger partial charge in [-0.25, -0.2) is 4.79 Å². The third-order valence-electron chi connectivity index (χ3n) is 2.12. The topological polar surface area (TPSA) is 130 Å². The molecule has 0 aromatic rings. The minimum Gasteiger partial charge on any atom is -0.481 e. The Morgan fingerprint density at radius 3 is 2.47 bits per heavy atom. The Kier molecular flexibility index (Phi) is 8.64. The Balaban J connectivity index is 4.29. The molecule has 0 saturated carbocycles. The van der Waals surface area contributed by atoms with E-state index in [1.54, 1.807) is 18.4 Å². The number of hydrogen-bond donors (Lipinski definition) is 4. The molecule has 0 aliphatic carbocycles. The molecule has 0 radical (unpaired) electrons. The summed E-state index contributed by atoms with van der Waals surface area (Å²) in [5.74, 6) is -2.69. The number of allylic oxidation sites excluding steroid dienone is 1. The van der Waals surface area contributed by atoms with E-state index in [1.165, 1.54) is 11.8 Å². The number of nitrogens with one attached hydrogen (secondary N) is 1. The number of rotatable bonds is 9. The molecular formula is C11H18N2O5S. The fraction of sp³-hybridized carbons (Fsp3) is 0.545. The summed E-state index contributed by atoms with van der Waals surface area (Å²) in [6.45, 7) is 1.79. The van der Waals surface area contributed by atoms with Gasteiger partial charge in [-0.2, -0.15) is 0 Å². The van der Waals surface area contributed by atoms with Gasteiger partial charge in [0.25, 0.3) is 0 Å². The average molecular weight is 290 g/mol. The van der Waals surface area contributed by atoms with Crippen LogP contribution in [0.4, 0.5) is 0 Å². The summed E-state index contributed by atoms with van der Waals surface area (Å²) in [7, 11) is 0. The predicted molar refractivity (Wildman–Crippen MR) is 71.7 cm³/mol. The van der Waals surface area contributed by atoms with E-state index in [4.69, 9.17) is 15.9 Å². The molecule has 0 rings (SSSR count). The summed E-state index contributed by atoms with van der Waals surface area (Å²) in [5, 5.41) is 21.4. The highest BCUT2D eigenvalue weighted by Gasteiger charge is 2.23. The van der Waals surface area contributed by atoms with E-state index in [2.05, 4.69) is 5.32 Å². The molecule has 0 saturated heterocycles. The Bertz CT molecular complexity index is 359. The molecule has 0 aliphatic heterocycles. The number of amides is 1. The number of hydrogen-bond acceptors (Lipinski definition) is 5. The van der Waals surface area contributed by atoms with Gasteiger partial charge in [-0.05, 0) is 18.8 Å². The number of carboxylic acid groups (broad SMARTS) is 2. The van der Waals surface area contributed by atoms with Crippen LogP contribution < -0.4 is 11.1 Å². The maximum absolute atomic E-state index is 11.6. The lowest BCUT2D eigenvalue weighted by atomic mass is 10.1. The molecule has 8 heteroatoms. The quantitative estimate of drug-likeness (QED) is 0.470. The maximum Gasteiger partial charge on any atom is 0.327 e. The van der Waals surface area contributed by atoms with Gasteiger partial charge in [-0.3, -0.25) is 9.59 Å². The molecule has 5 N–H and O–H groups in total. The second kappa shape index (κ2) is 9.40. The SMILES string of the molecule is CC=CSCC(NC(=O)C(N)CCC(=O)O)C(=O)O. The molecule has 0 heterocycles. The molecule has 19 heavy (non-hydrogen) atoms. The molecule has 0 aliphatic rings. The molecule has 2 unspecified atom stereocenters. The summed E-state index contributed by atoms with van der Waals surface area (Å²) < 4.78 is 0. The first-order valence-corrected chi connectivity index (χ1v) is 6.66. The Morgan fingerprint density at radius 2 is 2.00 bits per heavy atom. The molecule has 0 aromatic heterocycles. The number of thioether (sulfide) groups is 1. The summed E-state index contributed by atoms with van der Waals surface area (Å²) in [6.07, 6.45) is 1.49. The van der Waals surface area contributed by atoms with E-state index in [0.717, 1.165) is 0 Å².